The molecule has 0 saturated carbocycles. The molecule has 0 bridgehead atoms. The summed E-state index contributed by atoms with van der Waals surface area (Å²) in [5, 5.41) is 13.5. The van der Waals surface area contributed by atoms with E-state index < -0.39 is 16.8 Å². The summed E-state index contributed by atoms with van der Waals surface area (Å²) in [6, 6.07) is 4.30. The summed E-state index contributed by atoms with van der Waals surface area (Å²) >= 11 is 1.40. The number of carbonyl (C=O) groups excluding carboxylic acids is 2. The molecule has 7 nitrogen and oxygen atoms in total. The monoisotopic (exact) mass is 340 g/mol. The van der Waals surface area contributed by atoms with Crippen LogP contribution in [0.5, 0.6) is 0 Å². The van der Waals surface area contributed by atoms with E-state index in [-0.39, 0.29) is 17.8 Å². The van der Waals surface area contributed by atoms with Gasteiger partial charge >= 0.3 is 5.97 Å². The third-order valence-electron chi connectivity index (χ3n) is 2.99. The number of nitro benzene ring substituents is 1. The molecule has 1 aromatic carbocycles. The molecule has 0 atom stereocenters. The molecule has 0 aliphatic carbocycles. The standard InChI is InChI=1S/C15H20N2O5S/c1-10(2)6-7-23-13-5-4-11(8-12(13)17(20)21)15(19)16-9-14(18)22-3/h4-5,8,10H,6-7,9H2,1-3H3,(H,16,19). The van der Waals surface area contributed by atoms with Gasteiger partial charge in [0.2, 0.25) is 0 Å². The predicted molar refractivity (Wildman–Crippen MR) is 87.6 cm³/mol. The highest BCUT2D eigenvalue weighted by Gasteiger charge is 2.18. The maximum absolute atomic E-state index is 11.9. The number of rotatable bonds is 8. The van der Waals surface area contributed by atoms with E-state index in [1.165, 1.54) is 31.0 Å². The van der Waals surface area contributed by atoms with Crippen LogP contribution in [0.4, 0.5) is 5.69 Å². The molecule has 1 rings (SSSR count). The van der Waals surface area contributed by atoms with Crippen LogP contribution in [0.3, 0.4) is 0 Å². The maximum Gasteiger partial charge on any atom is 0.325 e. The topological polar surface area (TPSA) is 98.5 Å². The van der Waals surface area contributed by atoms with Gasteiger partial charge in [-0.05, 0) is 30.2 Å². The van der Waals surface area contributed by atoms with Gasteiger partial charge in [-0.25, -0.2) is 0 Å². The Morgan fingerprint density at radius 3 is 2.65 bits per heavy atom. The Morgan fingerprint density at radius 1 is 1.39 bits per heavy atom. The van der Waals surface area contributed by atoms with Crippen LogP contribution >= 0.6 is 11.8 Å². The van der Waals surface area contributed by atoms with Gasteiger partial charge in [-0.15, -0.1) is 11.8 Å². The van der Waals surface area contributed by atoms with Gasteiger partial charge in [0.05, 0.1) is 16.9 Å². The molecule has 0 spiro atoms. The number of hydrogen-bond donors (Lipinski definition) is 1. The molecule has 0 radical (unpaired) electrons. The molecular formula is C15H20N2O5S. The zero-order chi connectivity index (χ0) is 17.4. The van der Waals surface area contributed by atoms with Crippen molar-refractivity contribution in [3.63, 3.8) is 0 Å². The van der Waals surface area contributed by atoms with Gasteiger partial charge in [0.1, 0.15) is 6.54 Å². The lowest BCUT2D eigenvalue weighted by Crippen LogP contribution is -2.30. The Balaban J connectivity index is 2.84. The van der Waals surface area contributed by atoms with Gasteiger partial charge in [0, 0.05) is 11.6 Å². The van der Waals surface area contributed by atoms with Crippen LogP contribution < -0.4 is 5.32 Å². The van der Waals surface area contributed by atoms with Crippen molar-refractivity contribution in [1.29, 1.82) is 0 Å². The van der Waals surface area contributed by atoms with Gasteiger partial charge in [0.15, 0.2) is 0 Å². The smallest absolute Gasteiger partial charge is 0.325 e. The fourth-order valence-corrected chi connectivity index (χ4v) is 2.91. The molecule has 0 aromatic heterocycles. The van der Waals surface area contributed by atoms with E-state index in [1.54, 1.807) is 6.07 Å². The molecule has 0 saturated heterocycles. The minimum absolute atomic E-state index is 0.107. The molecule has 8 heteroatoms. The molecule has 126 valence electrons. The first kappa shape index (κ1) is 19.0. The largest absolute Gasteiger partial charge is 0.468 e. The van der Waals surface area contributed by atoms with Crippen molar-refractivity contribution in [3.8, 4) is 0 Å². The van der Waals surface area contributed by atoms with Crippen LogP contribution in [-0.2, 0) is 9.53 Å². The molecule has 0 unspecified atom stereocenters. The molecule has 0 heterocycles. The maximum atomic E-state index is 11.9. The SMILES string of the molecule is COC(=O)CNC(=O)c1ccc(SCCC(C)C)c([N+](=O)[O-])c1. The Labute approximate surface area is 138 Å². The summed E-state index contributed by atoms with van der Waals surface area (Å²) in [6.45, 7) is 3.89. The summed E-state index contributed by atoms with van der Waals surface area (Å²) in [7, 11) is 1.21. The number of ether oxygens (including phenoxy) is 1. The van der Waals surface area contributed by atoms with E-state index >= 15 is 0 Å². The molecule has 1 amide bonds. The van der Waals surface area contributed by atoms with E-state index in [2.05, 4.69) is 23.9 Å². The fourth-order valence-electron chi connectivity index (χ4n) is 1.65. The number of nitrogens with zero attached hydrogens (tertiary/aromatic N) is 1. The number of hydrogen-bond acceptors (Lipinski definition) is 6. The molecular weight excluding hydrogens is 320 g/mol. The second-order valence-corrected chi connectivity index (χ2v) is 6.37. The van der Waals surface area contributed by atoms with Crippen LogP contribution in [0.1, 0.15) is 30.6 Å². The summed E-state index contributed by atoms with van der Waals surface area (Å²) in [6.07, 6.45) is 0.948. The number of esters is 1. The van der Waals surface area contributed by atoms with Crippen LogP contribution in [0, 0.1) is 16.0 Å². The van der Waals surface area contributed by atoms with Crippen molar-refractivity contribution >= 4 is 29.3 Å². The Kier molecular flexibility index (Phi) is 7.53. The van der Waals surface area contributed by atoms with Crippen LogP contribution in [0.15, 0.2) is 23.1 Å². The molecule has 0 aliphatic heterocycles. The third-order valence-corrected chi connectivity index (χ3v) is 4.09. The second kappa shape index (κ2) is 9.14. The van der Waals surface area contributed by atoms with Gasteiger partial charge in [-0.1, -0.05) is 13.8 Å². The molecule has 0 fully saturated rings. The number of amides is 1. The fraction of sp³-hybridized carbons (Fsp3) is 0.467. The second-order valence-electron chi connectivity index (χ2n) is 5.23. The Hall–Kier alpha value is -2.09. The van der Waals surface area contributed by atoms with Gasteiger partial charge < -0.3 is 10.1 Å². The lowest BCUT2D eigenvalue weighted by molar-refractivity contribution is -0.387. The molecule has 0 aliphatic rings. The van der Waals surface area contributed by atoms with Gasteiger partial charge in [-0.2, -0.15) is 0 Å². The average molecular weight is 340 g/mol. The zero-order valence-corrected chi connectivity index (χ0v) is 14.1. The number of methoxy groups -OCH3 is 1. The lowest BCUT2D eigenvalue weighted by atomic mass is 10.2. The van der Waals surface area contributed by atoms with Gasteiger partial charge in [-0.3, -0.25) is 19.7 Å². The first-order chi connectivity index (χ1) is 10.8. The highest BCUT2D eigenvalue weighted by atomic mass is 32.2. The highest BCUT2D eigenvalue weighted by molar-refractivity contribution is 7.99. The number of benzene rings is 1. The van der Waals surface area contributed by atoms with Crippen molar-refractivity contribution in [1.82, 2.24) is 5.32 Å². The molecule has 1 N–H and O–H groups in total. The van der Waals surface area contributed by atoms with E-state index in [9.17, 15) is 19.7 Å². The first-order valence-corrected chi connectivity index (χ1v) is 8.10. The van der Waals surface area contributed by atoms with Crippen molar-refractivity contribution in [2.75, 3.05) is 19.4 Å². The van der Waals surface area contributed by atoms with Crippen molar-refractivity contribution in [2.24, 2.45) is 5.92 Å². The summed E-state index contributed by atoms with van der Waals surface area (Å²) < 4.78 is 4.42. The first-order valence-electron chi connectivity index (χ1n) is 7.11. The highest BCUT2D eigenvalue weighted by Crippen LogP contribution is 2.31. The van der Waals surface area contributed by atoms with Crippen molar-refractivity contribution in [3.05, 3.63) is 33.9 Å². The van der Waals surface area contributed by atoms with Crippen LogP contribution in [0.2, 0.25) is 0 Å². The van der Waals surface area contributed by atoms with E-state index in [0.29, 0.717) is 10.8 Å². The quantitative estimate of drug-likeness (QED) is 0.338. The minimum atomic E-state index is -0.589. The van der Waals surface area contributed by atoms with Crippen LogP contribution in [0.25, 0.3) is 0 Å². The average Bonchev–Trinajstić information content (AvgIpc) is 2.51. The summed E-state index contributed by atoms with van der Waals surface area (Å²) in [5.41, 5.74) is 0.0262. The van der Waals surface area contributed by atoms with Crippen LogP contribution in [-0.4, -0.2) is 36.2 Å². The van der Waals surface area contributed by atoms with Crippen molar-refractivity contribution < 1.29 is 19.2 Å². The Bertz CT molecular complexity index is 589. The number of nitro groups is 1. The van der Waals surface area contributed by atoms with E-state index in [0.717, 1.165) is 12.2 Å². The normalized spacial score (nSPS) is 10.4. The summed E-state index contributed by atoms with van der Waals surface area (Å²) in [4.78, 5) is 34.1. The van der Waals surface area contributed by atoms with E-state index in [1.807, 2.05) is 0 Å². The zero-order valence-electron chi connectivity index (χ0n) is 13.3. The van der Waals surface area contributed by atoms with Gasteiger partial charge in [0.25, 0.3) is 11.6 Å². The number of nitrogens with one attached hydrogen (secondary N) is 1. The Morgan fingerprint density at radius 2 is 2.09 bits per heavy atom. The lowest BCUT2D eigenvalue weighted by Gasteiger charge is -2.07. The molecule has 23 heavy (non-hydrogen) atoms. The number of carbonyl (C=O) groups is 2. The third kappa shape index (κ3) is 6.27. The van der Waals surface area contributed by atoms with E-state index in [4.69, 9.17) is 0 Å². The number of thioether (sulfide) groups is 1. The minimum Gasteiger partial charge on any atom is -0.468 e. The predicted octanol–water partition coefficient (Wildman–Crippen LogP) is 2.64. The summed E-state index contributed by atoms with van der Waals surface area (Å²) in [5.74, 6) is 0.141. The van der Waals surface area contributed by atoms with Crippen molar-refractivity contribution in [2.45, 2.75) is 25.2 Å². The molecule has 1 aromatic rings.